The summed E-state index contributed by atoms with van der Waals surface area (Å²) in [5.74, 6) is 0.0129. The van der Waals surface area contributed by atoms with Gasteiger partial charge in [-0.2, -0.15) is 0 Å². The normalized spacial score (nSPS) is 16.3. The van der Waals surface area contributed by atoms with Crippen molar-refractivity contribution in [3.8, 4) is 5.75 Å². The summed E-state index contributed by atoms with van der Waals surface area (Å²) in [4.78, 5) is 14.4. The molecule has 1 atom stereocenters. The molecule has 1 heterocycles. The summed E-state index contributed by atoms with van der Waals surface area (Å²) in [6.45, 7) is 10.00. The van der Waals surface area contributed by atoms with Crippen molar-refractivity contribution >= 4 is 5.91 Å². The molecule has 4 nitrogen and oxygen atoms in total. The molecule has 0 saturated heterocycles. The molecular weight excluding hydrogens is 355 g/mol. The maximum absolute atomic E-state index is 13.8. The molecule has 28 heavy (non-hydrogen) atoms. The number of ether oxygens (including phenoxy) is 1. The first kappa shape index (κ1) is 22.2. The second-order valence-corrected chi connectivity index (χ2v) is 7.69. The van der Waals surface area contributed by atoms with Crippen molar-refractivity contribution in [1.82, 2.24) is 10.2 Å². The number of halogens is 1. The lowest BCUT2D eigenvalue weighted by Crippen LogP contribution is -2.34. The number of hydrogen-bond acceptors (Lipinski definition) is 3. The van der Waals surface area contributed by atoms with Gasteiger partial charge in [-0.15, -0.1) is 0 Å². The van der Waals surface area contributed by atoms with Crippen LogP contribution in [-0.4, -0.2) is 43.6 Å². The van der Waals surface area contributed by atoms with Crippen LogP contribution >= 0.6 is 0 Å². The van der Waals surface area contributed by atoms with Gasteiger partial charge in [0.05, 0.1) is 6.61 Å². The molecule has 0 bridgehead atoms. The van der Waals surface area contributed by atoms with Crippen LogP contribution in [0.2, 0.25) is 0 Å². The number of rotatable bonds is 11. The van der Waals surface area contributed by atoms with Crippen LogP contribution in [0.3, 0.4) is 0 Å². The molecular formula is C23H33FN2O2. The Morgan fingerprint density at radius 2 is 2.07 bits per heavy atom. The third-order valence-electron chi connectivity index (χ3n) is 5.47. The van der Waals surface area contributed by atoms with E-state index < -0.39 is 0 Å². The zero-order valence-corrected chi connectivity index (χ0v) is 17.3. The van der Waals surface area contributed by atoms with Gasteiger partial charge in [-0.3, -0.25) is 9.69 Å². The second-order valence-electron chi connectivity index (χ2n) is 7.69. The van der Waals surface area contributed by atoms with Crippen molar-refractivity contribution in [2.75, 3.05) is 32.8 Å². The Balaban J connectivity index is 1.83. The Morgan fingerprint density at radius 3 is 2.79 bits per heavy atom. The van der Waals surface area contributed by atoms with Crippen molar-refractivity contribution in [3.63, 3.8) is 0 Å². The maximum Gasteiger partial charge on any atom is 0.248 e. The van der Waals surface area contributed by atoms with Crippen molar-refractivity contribution in [3.05, 3.63) is 53.9 Å². The van der Waals surface area contributed by atoms with Crippen LogP contribution in [0.15, 0.2) is 48.1 Å². The molecule has 1 aromatic carbocycles. The molecule has 5 heteroatoms. The Morgan fingerprint density at radius 1 is 1.29 bits per heavy atom. The lowest BCUT2D eigenvalue weighted by Gasteiger charge is -2.30. The molecule has 0 saturated carbocycles. The predicted octanol–water partition coefficient (Wildman–Crippen LogP) is 4.34. The molecule has 0 aromatic heterocycles. The minimum atomic E-state index is -0.317. The van der Waals surface area contributed by atoms with Gasteiger partial charge in [0.2, 0.25) is 5.91 Å². The molecule has 1 unspecified atom stereocenters. The molecule has 0 spiro atoms. The van der Waals surface area contributed by atoms with E-state index in [2.05, 4.69) is 31.0 Å². The minimum absolute atomic E-state index is 0.0105. The summed E-state index contributed by atoms with van der Waals surface area (Å²) in [6.07, 6.45) is 8.75. The summed E-state index contributed by atoms with van der Waals surface area (Å²) in [6, 6.07) is 6.55. The number of nitrogens with zero attached hydrogens (tertiary/aromatic N) is 1. The van der Waals surface area contributed by atoms with Gasteiger partial charge in [0.25, 0.3) is 0 Å². The van der Waals surface area contributed by atoms with Gasteiger partial charge in [0.15, 0.2) is 11.6 Å². The van der Waals surface area contributed by atoms with Gasteiger partial charge in [0, 0.05) is 24.1 Å². The van der Waals surface area contributed by atoms with E-state index in [4.69, 9.17) is 4.74 Å². The zero-order chi connectivity index (χ0) is 20.4. The van der Waals surface area contributed by atoms with E-state index in [-0.39, 0.29) is 17.1 Å². The van der Waals surface area contributed by atoms with Crippen LogP contribution in [0, 0.1) is 11.2 Å². The average Bonchev–Trinajstić information content (AvgIpc) is 2.90. The highest BCUT2D eigenvalue weighted by atomic mass is 19.1. The molecule has 0 aliphatic carbocycles. The molecule has 1 aliphatic rings. The Kier molecular flexibility index (Phi) is 8.71. The van der Waals surface area contributed by atoms with Crippen molar-refractivity contribution in [2.24, 2.45) is 5.41 Å². The van der Waals surface area contributed by atoms with E-state index in [0.29, 0.717) is 25.4 Å². The van der Waals surface area contributed by atoms with Crippen LogP contribution in [-0.2, 0) is 4.79 Å². The van der Waals surface area contributed by atoms with Crippen LogP contribution in [0.25, 0.3) is 0 Å². The number of hydrogen-bond donors (Lipinski definition) is 1. The first-order valence-electron chi connectivity index (χ1n) is 10.2. The van der Waals surface area contributed by atoms with Crippen LogP contribution in [0.1, 0.15) is 40.0 Å². The first-order chi connectivity index (χ1) is 13.5. The lowest BCUT2D eigenvalue weighted by atomic mass is 9.83. The highest BCUT2D eigenvalue weighted by Crippen LogP contribution is 2.29. The molecule has 1 N–H and O–H groups in total. The van der Waals surface area contributed by atoms with Crippen LogP contribution in [0.4, 0.5) is 4.39 Å². The quantitative estimate of drug-likeness (QED) is 0.613. The van der Waals surface area contributed by atoms with E-state index in [0.717, 1.165) is 37.9 Å². The van der Waals surface area contributed by atoms with E-state index in [1.165, 1.54) is 6.07 Å². The topological polar surface area (TPSA) is 41.6 Å². The Hall–Kier alpha value is -2.14. The van der Waals surface area contributed by atoms with Gasteiger partial charge in [0.1, 0.15) is 0 Å². The number of para-hydroxylation sites is 1. The molecule has 2 rings (SSSR count). The van der Waals surface area contributed by atoms with Gasteiger partial charge in [-0.25, -0.2) is 4.39 Å². The molecule has 1 amide bonds. The summed E-state index contributed by atoms with van der Waals surface area (Å²) in [5.41, 5.74) is 0.792. The van der Waals surface area contributed by atoms with Gasteiger partial charge < -0.3 is 10.1 Å². The number of benzene rings is 1. The zero-order valence-electron chi connectivity index (χ0n) is 17.3. The van der Waals surface area contributed by atoms with Crippen molar-refractivity contribution in [1.29, 1.82) is 0 Å². The van der Waals surface area contributed by atoms with E-state index in [9.17, 15) is 9.18 Å². The van der Waals surface area contributed by atoms with Crippen molar-refractivity contribution < 1.29 is 13.9 Å². The molecule has 0 radical (unpaired) electrons. The largest absolute Gasteiger partial charge is 0.490 e. The first-order valence-corrected chi connectivity index (χ1v) is 10.2. The monoisotopic (exact) mass is 388 g/mol. The van der Waals surface area contributed by atoms with Gasteiger partial charge in [-0.05, 0) is 44.5 Å². The second kappa shape index (κ2) is 11.0. The van der Waals surface area contributed by atoms with Gasteiger partial charge >= 0.3 is 0 Å². The summed E-state index contributed by atoms with van der Waals surface area (Å²) >= 11 is 0. The van der Waals surface area contributed by atoms with E-state index in [1.54, 1.807) is 18.2 Å². The highest BCUT2D eigenvalue weighted by molar-refractivity contribution is 5.94. The van der Waals surface area contributed by atoms with Crippen molar-refractivity contribution in [2.45, 2.75) is 40.0 Å². The maximum atomic E-state index is 13.8. The number of nitrogens with one attached hydrogen (secondary N) is 1. The summed E-state index contributed by atoms with van der Waals surface area (Å²) in [7, 11) is 0. The van der Waals surface area contributed by atoms with E-state index >= 15 is 0 Å². The number of carbonyl (C=O) groups is 1. The van der Waals surface area contributed by atoms with Crippen LogP contribution in [0.5, 0.6) is 5.75 Å². The van der Waals surface area contributed by atoms with E-state index in [1.807, 2.05) is 18.2 Å². The molecule has 1 aliphatic heterocycles. The fraction of sp³-hybridized carbons (Fsp3) is 0.522. The van der Waals surface area contributed by atoms with Gasteiger partial charge in [-0.1, -0.05) is 51.1 Å². The Bertz CT molecular complexity index is 702. The fourth-order valence-corrected chi connectivity index (χ4v) is 3.20. The SMILES string of the molecule is CCN(CCCC(C)(CC)COc1ccccc1F)CC1=CC=CCNC1=O. The Labute approximate surface area is 168 Å². The van der Waals surface area contributed by atoms with Crippen LogP contribution < -0.4 is 10.1 Å². The summed E-state index contributed by atoms with van der Waals surface area (Å²) in [5, 5.41) is 2.88. The summed E-state index contributed by atoms with van der Waals surface area (Å²) < 4.78 is 19.5. The molecule has 0 fully saturated rings. The average molecular weight is 389 g/mol. The molecule has 1 aromatic rings. The smallest absolute Gasteiger partial charge is 0.248 e. The third-order valence-corrected chi connectivity index (χ3v) is 5.47. The number of likely N-dealkylation sites (N-methyl/N-ethyl adjacent to an activating group) is 1. The highest BCUT2D eigenvalue weighted by Gasteiger charge is 2.24. The third kappa shape index (κ3) is 6.79. The standard InChI is InChI=1S/C23H33FN2O2/c1-4-23(3,18-28-21-13-7-6-12-20(21)24)14-10-16-26(5-2)17-19-11-8-9-15-25-22(19)27/h6-9,11-13H,4-5,10,14-18H2,1-3H3,(H,25,27). The fourth-order valence-electron chi connectivity index (χ4n) is 3.20. The lowest BCUT2D eigenvalue weighted by molar-refractivity contribution is -0.117. The minimum Gasteiger partial charge on any atom is -0.490 e. The number of amides is 1. The number of carbonyl (C=O) groups excluding carboxylic acids is 1. The predicted molar refractivity (Wildman–Crippen MR) is 112 cm³/mol. The molecule has 154 valence electrons. The number of allylic oxidation sites excluding steroid dienone is 2.